The minimum Gasteiger partial charge on any atom is -0.459 e. The first-order chi connectivity index (χ1) is 11.7. The molecule has 1 saturated heterocycles. The number of carbonyl (C=O) groups is 1. The zero-order valence-electron chi connectivity index (χ0n) is 15.2. The van der Waals surface area contributed by atoms with Gasteiger partial charge < -0.3 is 14.9 Å². The molecule has 3 saturated carbocycles. The van der Waals surface area contributed by atoms with E-state index >= 15 is 0 Å². The molecule has 25 heavy (non-hydrogen) atoms. The molecule has 0 aromatic carbocycles. The van der Waals surface area contributed by atoms with Crippen LogP contribution in [0.15, 0.2) is 0 Å². The van der Waals surface area contributed by atoms with E-state index in [0.717, 1.165) is 38.5 Å². The van der Waals surface area contributed by atoms with E-state index in [0.29, 0.717) is 30.6 Å². The molecule has 0 radical (unpaired) electrons. The fraction of sp³-hybridized carbons (Fsp3) is 0.900. The van der Waals surface area contributed by atoms with Crippen LogP contribution in [0.4, 0.5) is 0 Å². The van der Waals surface area contributed by atoms with E-state index in [1.54, 1.807) is 0 Å². The SMILES string of the molecule is C[C@]12CCC3C(CC[C@H]4C(O)(C#N)[C@H](O)CC[C@]34C)C1CCC(=O)O2. The molecule has 8 atom stereocenters. The summed E-state index contributed by atoms with van der Waals surface area (Å²) in [6, 6.07) is 2.06. The van der Waals surface area contributed by atoms with Crippen molar-refractivity contribution < 1.29 is 19.7 Å². The van der Waals surface area contributed by atoms with Crippen molar-refractivity contribution in [1.29, 1.82) is 5.26 Å². The number of aliphatic hydroxyl groups excluding tert-OH is 1. The van der Waals surface area contributed by atoms with Crippen LogP contribution in [0.2, 0.25) is 0 Å². The monoisotopic (exact) mass is 347 g/mol. The molecule has 0 aromatic rings. The van der Waals surface area contributed by atoms with Gasteiger partial charge in [0.2, 0.25) is 0 Å². The third kappa shape index (κ3) is 2.23. The quantitative estimate of drug-likeness (QED) is 0.519. The highest BCUT2D eigenvalue weighted by atomic mass is 16.6. The Morgan fingerprint density at radius 3 is 2.60 bits per heavy atom. The average Bonchev–Trinajstić information content (AvgIpc) is 2.57. The third-order valence-corrected chi connectivity index (χ3v) is 8.38. The predicted octanol–water partition coefficient (Wildman–Crippen LogP) is 2.55. The van der Waals surface area contributed by atoms with Crippen molar-refractivity contribution >= 4 is 5.97 Å². The molecule has 0 bridgehead atoms. The van der Waals surface area contributed by atoms with Gasteiger partial charge in [-0.15, -0.1) is 0 Å². The summed E-state index contributed by atoms with van der Waals surface area (Å²) in [5.41, 5.74) is -2.10. The van der Waals surface area contributed by atoms with Crippen molar-refractivity contribution in [3.63, 3.8) is 0 Å². The normalized spacial score (nSPS) is 55.2. The third-order valence-electron chi connectivity index (χ3n) is 8.38. The van der Waals surface area contributed by atoms with Crippen LogP contribution in [-0.2, 0) is 9.53 Å². The van der Waals surface area contributed by atoms with E-state index in [1.807, 2.05) is 0 Å². The number of nitrogens with zero attached hydrogens (tertiary/aromatic N) is 1. The summed E-state index contributed by atoms with van der Waals surface area (Å²) in [4.78, 5) is 11.8. The van der Waals surface area contributed by atoms with E-state index in [9.17, 15) is 20.3 Å². The van der Waals surface area contributed by atoms with Gasteiger partial charge in [0.05, 0.1) is 6.10 Å². The van der Waals surface area contributed by atoms with Gasteiger partial charge in [-0.1, -0.05) is 6.92 Å². The van der Waals surface area contributed by atoms with Crippen LogP contribution in [-0.4, -0.2) is 33.5 Å². The summed E-state index contributed by atoms with van der Waals surface area (Å²) in [7, 11) is 0. The summed E-state index contributed by atoms with van der Waals surface area (Å²) in [6.07, 6.45) is 5.32. The molecule has 1 aliphatic heterocycles. The molecule has 2 N–H and O–H groups in total. The van der Waals surface area contributed by atoms with Crippen LogP contribution in [0.25, 0.3) is 0 Å². The lowest BCUT2D eigenvalue weighted by atomic mass is 9.43. The van der Waals surface area contributed by atoms with Crippen LogP contribution in [0.1, 0.15) is 65.2 Å². The smallest absolute Gasteiger partial charge is 0.306 e. The van der Waals surface area contributed by atoms with Crippen LogP contribution >= 0.6 is 0 Å². The second-order valence-corrected chi connectivity index (χ2v) is 9.37. The number of fused-ring (bicyclic) bond motifs is 5. The van der Waals surface area contributed by atoms with Crippen molar-refractivity contribution in [3.05, 3.63) is 0 Å². The molecule has 4 aliphatic rings. The van der Waals surface area contributed by atoms with Crippen molar-refractivity contribution in [1.82, 2.24) is 0 Å². The Bertz CT molecular complexity index is 630. The first-order valence-electron chi connectivity index (χ1n) is 9.78. The minimum absolute atomic E-state index is 0.0725. The van der Waals surface area contributed by atoms with Crippen molar-refractivity contribution in [2.75, 3.05) is 0 Å². The number of nitriles is 1. The highest BCUT2D eigenvalue weighted by molar-refractivity contribution is 5.70. The molecule has 4 unspecified atom stereocenters. The molecular weight excluding hydrogens is 318 g/mol. The van der Waals surface area contributed by atoms with E-state index in [4.69, 9.17) is 4.74 Å². The number of hydrogen-bond acceptors (Lipinski definition) is 5. The van der Waals surface area contributed by atoms with Crippen LogP contribution < -0.4 is 0 Å². The fourth-order valence-electron chi connectivity index (χ4n) is 7.11. The maximum atomic E-state index is 11.8. The fourth-order valence-corrected chi connectivity index (χ4v) is 7.11. The molecule has 3 aliphatic carbocycles. The standard InChI is InChI=1S/C20H29NO4/c1-18-9-8-16(22)20(24,11-21)15(18)5-3-12-13(18)7-10-19(2)14(12)4-6-17(23)25-19/h12-16,22,24H,3-10H2,1-2H3/t12?,13?,14?,15-,16-,18-,19+,20?/m1/s1. The van der Waals surface area contributed by atoms with Gasteiger partial charge in [-0.25, -0.2) is 0 Å². The molecule has 0 amide bonds. The van der Waals surface area contributed by atoms with E-state index in [2.05, 4.69) is 19.9 Å². The predicted molar refractivity (Wildman–Crippen MR) is 90.1 cm³/mol. The highest BCUT2D eigenvalue weighted by Gasteiger charge is 2.64. The Morgan fingerprint density at radius 1 is 1.12 bits per heavy atom. The first-order valence-corrected chi connectivity index (χ1v) is 9.78. The number of aliphatic hydroxyl groups is 2. The van der Waals surface area contributed by atoms with E-state index in [-0.39, 0.29) is 22.9 Å². The van der Waals surface area contributed by atoms with Crippen molar-refractivity contribution in [2.24, 2.45) is 29.1 Å². The van der Waals surface area contributed by atoms with Crippen LogP contribution in [0.5, 0.6) is 0 Å². The van der Waals surface area contributed by atoms with Crippen molar-refractivity contribution in [3.8, 4) is 6.07 Å². The summed E-state index contributed by atoms with van der Waals surface area (Å²) in [6.45, 7) is 4.32. The Balaban J connectivity index is 1.67. The second kappa shape index (κ2) is 5.44. The maximum Gasteiger partial charge on any atom is 0.306 e. The van der Waals surface area contributed by atoms with Gasteiger partial charge in [-0.3, -0.25) is 4.79 Å². The summed E-state index contributed by atoms with van der Waals surface area (Å²) in [5, 5.41) is 30.9. The zero-order chi connectivity index (χ0) is 18.0. The Labute approximate surface area is 149 Å². The Hall–Kier alpha value is -1.12. The van der Waals surface area contributed by atoms with Crippen molar-refractivity contribution in [2.45, 2.75) is 82.5 Å². The lowest BCUT2D eigenvalue weighted by Crippen LogP contribution is -2.65. The largest absolute Gasteiger partial charge is 0.459 e. The topological polar surface area (TPSA) is 90.5 Å². The number of rotatable bonds is 0. The van der Waals surface area contributed by atoms with E-state index < -0.39 is 11.7 Å². The van der Waals surface area contributed by atoms with Gasteiger partial charge in [-0.05, 0) is 69.1 Å². The molecule has 5 nitrogen and oxygen atoms in total. The molecule has 4 fully saturated rings. The Kier molecular flexibility index (Phi) is 3.76. The summed E-state index contributed by atoms with van der Waals surface area (Å²) in [5.74, 6) is 1.03. The molecule has 1 heterocycles. The molecular formula is C20H29NO4. The van der Waals surface area contributed by atoms with Crippen LogP contribution in [0.3, 0.4) is 0 Å². The maximum absolute atomic E-state index is 11.8. The summed E-state index contributed by atoms with van der Waals surface area (Å²) < 4.78 is 5.79. The highest BCUT2D eigenvalue weighted by Crippen LogP contribution is 2.64. The average molecular weight is 347 g/mol. The Morgan fingerprint density at radius 2 is 1.88 bits per heavy atom. The molecule has 4 rings (SSSR count). The number of esters is 1. The summed E-state index contributed by atoms with van der Waals surface area (Å²) >= 11 is 0. The van der Waals surface area contributed by atoms with Gasteiger partial charge in [0.15, 0.2) is 5.60 Å². The minimum atomic E-state index is -1.63. The molecule has 138 valence electrons. The van der Waals surface area contributed by atoms with Gasteiger partial charge >= 0.3 is 5.97 Å². The second-order valence-electron chi connectivity index (χ2n) is 9.37. The van der Waals surface area contributed by atoms with E-state index in [1.165, 1.54) is 0 Å². The first kappa shape index (κ1) is 17.3. The van der Waals surface area contributed by atoms with Gasteiger partial charge in [0, 0.05) is 18.3 Å². The lowest BCUT2D eigenvalue weighted by Gasteiger charge is -2.63. The zero-order valence-corrected chi connectivity index (χ0v) is 15.2. The number of hydrogen-bond donors (Lipinski definition) is 2. The number of ether oxygens (including phenoxy) is 1. The number of carbonyl (C=O) groups excluding carboxylic acids is 1. The lowest BCUT2D eigenvalue weighted by molar-refractivity contribution is -0.225. The molecule has 5 heteroatoms. The molecule has 0 aromatic heterocycles. The molecule has 0 spiro atoms. The van der Waals surface area contributed by atoms with Crippen LogP contribution in [0, 0.1) is 40.4 Å². The van der Waals surface area contributed by atoms with Gasteiger partial charge in [0.1, 0.15) is 11.7 Å². The van der Waals surface area contributed by atoms with Gasteiger partial charge in [0.25, 0.3) is 0 Å². The van der Waals surface area contributed by atoms with Gasteiger partial charge in [-0.2, -0.15) is 5.26 Å².